The number of benzene rings is 2. The van der Waals surface area contributed by atoms with Crippen LogP contribution in [0.1, 0.15) is 33.3 Å². The van der Waals surface area contributed by atoms with E-state index in [9.17, 15) is 18.0 Å². The van der Waals surface area contributed by atoms with Crippen LogP contribution in [0.25, 0.3) is 0 Å². The van der Waals surface area contributed by atoms with E-state index >= 15 is 0 Å². The third kappa shape index (κ3) is 8.01. The third-order valence-corrected chi connectivity index (χ3v) is 6.74. The van der Waals surface area contributed by atoms with Crippen LogP contribution >= 0.6 is 27.5 Å². The first-order chi connectivity index (χ1) is 15.2. The zero-order valence-corrected chi connectivity index (χ0v) is 22.5. The molecule has 0 aliphatic heterocycles. The number of nitrogens with zero attached hydrogens (tertiary/aromatic N) is 2. The van der Waals surface area contributed by atoms with Gasteiger partial charge >= 0.3 is 0 Å². The van der Waals surface area contributed by atoms with Gasteiger partial charge in [0, 0.05) is 21.6 Å². The van der Waals surface area contributed by atoms with Gasteiger partial charge < -0.3 is 10.2 Å². The van der Waals surface area contributed by atoms with Crippen LogP contribution < -0.4 is 9.62 Å². The lowest BCUT2D eigenvalue weighted by atomic mass is 10.1. The van der Waals surface area contributed by atoms with Crippen LogP contribution in [0.3, 0.4) is 0 Å². The van der Waals surface area contributed by atoms with Gasteiger partial charge in [-0.15, -0.1) is 0 Å². The van der Waals surface area contributed by atoms with E-state index < -0.39 is 34.1 Å². The molecule has 33 heavy (non-hydrogen) atoms. The summed E-state index contributed by atoms with van der Waals surface area (Å²) in [4.78, 5) is 27.7. The Hall–Kier alpha value is -2.10. The summed E-state index contributed by atoms with van der Waals surface area (Å²) >= 11 is 9.46. The number of hydrogen-bond acceptors (Lipinski definition) is 4. The molecule has 0 aromatic heterocycles. The lowest BCUT2D eigenvalue weighted by Crippen LogP contribution is -2.54. The number of rotatable bonds is 8. The van der Waals surface area contributed by atoms with Crippen LogP contribution in [0.5, 0.6) is 0 Å². The first-order valence-corrected chi connectivity index (χ1v) is 13.3. The van der Waals surface area contributed by atoms with Gasteiger partial charge in [-0.25, -0.2) is 8.42 Å². The number of carbonyl (C=O) groups excluding carboxylic acids is 2. The number of para-hydroxylation sites is 1. The molecule has 1 N–H and O–H groups in total. The number of carbonyl (C=O) groups is 2. The van der Waals surface area contributed by atoms with Gasteiger partial charge in [0.15, 0.2) is 0 Å². The summed E-state index contributed by atoms with van der Waals surface area (Å²) in [6.45, 7) is 6.78. The minimum atomic E-state index is -3.79. The molecule has 2 aromatic carbocycles. The van der Waals surface area contributed by atoms with Gasteiger partial charge in [-0.1, -0.05) is 35.9 Å². The van der Waals surface area contributed by atoms with Crippen molar-refractivity contribution < 1.29 is 18.0 Å². The number of nitrogens with one attached hydrogen (secondary N) is 1. The Labute approximate surface area is 209 Å². The molecule has 2 rings (SSSR count). The maximum atomic E-state index is 13.5. The molecule has 0 bridgehead atoms. The maximum absolute atomic E-state index is 13.5. The normalized spacial score (nSPS) is 12.7. The molecule has 0 heterocycles. The highest BCUT2D eigenvalue weighted by Gasteiger charge is 2.31. The van der Waals surface area contributed by atoms with Crippen molar-refractivity contribution in [2.45, 2.75) is 45.8 Å². The van der Waals surface area contributed by atoms with Gasteiger partial charge in [-0.3, -0.25) is 13.9 Å². The molecule has 1 atom stereocenters. The number of sulfonamides is 1. The fraction of sp³-hybridized carbons (Fsp3) is 0.391. The number of hydrogen-bond donors (Lipinski definition) is 1. The monoisotopic (exact) mass is 557 g/mol. The molecule has 0 saturated heterocycles. The van der Waals surface area contributed by atoms with E-state index in [1.165, 1.54) is 4.90 Å². The fourth-order valence-corrected chi connectivity index (χ4v) is 4.83. The first kappa shape index (κ1) is 27.1. The largest absolute Gasteiger partial charge is 0.350 e. The summed E-state index contributed by atoms with van der Waals surface area (Å²) < 4.78 is 26.7. The molecule has 2 aromatic rings. The van der Waals surface area contributed by atoms with E-state index in [-0.39, 0.29) is 12.5 Å². The fourth-order valence-electron chi connectivity index (χ4n) is 3.14. The molecule has 2 amide bonds. The average molecular weight is 559 g/mol. The minimum Gasteiger partial charge on any atom is -0.350 e. The van der Waals surface area contributed by atoms with Crippen molar-refractivity contribution in [3.05, 3.63) is 63.6 Å². The van der Waals surface area contributed by atoms with Crippen LogP contribution in [0.15, 0.2) is 53.0 Å². The molecule has 7 nitrogen and oxygen atoms in total. The van der Waals surface area contributed by atoms with Crippen molar-refractivity contribution in [2.75, 3.05) is 17.1 Å². The predicted molar refractivity (Wildman–Crippen MR) is 136 cm³/mol. The average Bonchev–Trinajstić information content (AvgIpc) is 2.68. The van der Waals surface area contributed by atoms with E-state index in [1.54, 1.807) is 55.5 Å². The predicted octanol–water partition coefficient (Wildman–Crippen LogP) is 4.20. The van der Waals surface area contributed by atoms with Crippen molar-refractivity contribution in [2.24, 2.45) is 0 Å². The number of halogens is 2. The highest BCUT2D eigenvalue weighted by atomic mass is 79.9. The highest BCUT2D eigenvalue weighted by Crippen LogP contribution is 2.28. The maximum Gasteiger partial charge on any atom is 0.244 e. The zero-order valence-electron chi connectivity index (χ0n) is 19.3. The quantitative estimate of drug-likeness (QED) is 0.526. The van der Waals surface area contributed by atoms with Crippen LogP contribution in [0.4, 0.5) is 5.69 Å². The first-order valence-electron chi connectivity index (χ1n) is 10.3. The Morgan fingerprint density at radius 1 is 1.12 bits per heavy atom. The zero-order chi connectivity index (χ0) is 25.0. The lowest BCUT2D eigenvalue weighted by Gasteiger charge is -2.33. The second kappa shape index (κ2) is 10.9. The van der Waals surface area contributed by atoms with Gasteiger partial charge in [0.05, 0.1) is 11.9 Å². The van der Waals surface area contributed by atoms with E-state index in [2.05, 4.69) is 21.2 Å². The van der Waals surface area contributed by atoms with Gasteiger partial charge in [-0.05, 0) is 73.5 Å². The van der Waals surface area contributed by atoms with E-state index in [4.69, 9.17) is 11.6 Å². The molecular formula is C23H29BrClN3O4S. The Kier molecular flexibility index (Phi) is 8.95. The summed E-state index contributed by atoms with van der Waals surface area (Å²) in [6, 6.07) is 12.9. The van der Waals surface area contributed by atoms with Crippen LogP contribution in [-0.2, 0) is 26.2 Å². The SMILES string of the molecule is C[C@@H](C(=O)NC(C)(C)C)N(Cc1cccc(Cl)c1)C(=O)CN(c1ccccc1Br)S(C)(=O)=O. The topological polar surface area (TPSA) is 86.8 Å². The second-order valence-electron chi connectivity index (χ2n) is 8.79. The van der Waals surface area contributed by atoms with Crippen molar-refractivity contribution in [3.8, 4) is 0 Å². The molecule has 0 radical (unpaired) electrons. The Bertz CT molecular complexity index is 1120. The van der Waals surface area contributed by atoms with Gasteiger partial charge in [0.25, 0.3) is 0 Å². The Balaban J connectivity index is 2.42. The molecular weight excluding hydrogens is 530 g/mol. The summed E-state index contributed by atoms with van der Waals surface area (Å²) in [5, 5.41) is 3.38. The summed E-state index contributed by atoms with van der Waals surface area (Å²) in [6.07, 6.45) is 1.04. The van der Waals surface area contributed by atoms with Crippen molar-refractivity contribution in [1.29, 1.82) is 0 Å². The molecule has 0 aliphatic carbocycles. The van der Waals surface area contributed by atoms with Crippen LogP contribution in [0.2, 0.25) is 5.02 Å². The third-order valence-electron chi connectivity index (χ3n) is 4.71. The molecule has 0 spiro atoms. The van der Waals surface area contributed by atoms with E-state index in [1.807, 2.05) is 20.8 Å². The van der Waals surface area contributed by atoms with Gasteiger partial charge in [-0.2, -0.15) is 0 Å². The molecule has 0 unspecified atom stereocenters. The molecule has 0 fully saturated rings. The van der Waals surface area contributed by atoms with Crippen molar-refractivity contribution >= 4 is 55.1 Å². The van der Waals surface area contributed by atoms with E-state index in [0.717, 1.165) is 16.1 Å². The van der Waals surface area contributed by atoms with Gasteiger partial charge in [0.2, 0.25) is 21.8 Å². The highest BCUT2D eigenvalue weighted by molar-refractivity contribution is 9.10. The van der Waals surface area contributed by atoms with Crippen molar-refractivity contribution in [1.82, 2.24) is 10.2 Å². The van der Waals surface area contributed by atoms with Crippen LogP contribution in [-0.4, -0.2) is 49.5 Å². The standard InChI is InChI=1S/C23H29BrClN3O4S/c1-16(22(30)26-23(2,3)4)27(14-17-9-8-10-18(25)13-17)21(29)15-28(33(5,31)32)20-12-7-6-11-19(20)24/h6-13,16H,14-15H2,1-5H3,(H,26,30)/t16-/m0/s1. The second-order valence-corrected chi connectivity index (χ2v) is 12.0. The van der Waals surface area contributed by atoms with Crippen LogP contribution in [0, 0.1) is 0 Å². The summed E-state index contributed by atoms with van der Waals surface area (Å²) in [7, 11) is -3.79. The Morgan fingerprint density at radius 2 is 1.76 bits per heavy atom. The molecule has 0 saturated carbocycles. The molecule has 0 aliphatic rings. The number of amides is 2. The van der Waals surface area contributed by atoms with Crippen molar-refractivity contribution in [3.63, 3.8) is 0 Å². The molecule has 180 valence electrons. The number of anilines is 1. The van der Waals surface area contributed by atoms with E-state index in [0.29, 0.717) is 15.2 Å². The Morgan fingerprint density at radius 3 is 2.30 bits per heavy atom. The minimum absolute atomic E-state index is 0.0890. The smallest absolute Gasteiger partial charge is 0.244 e. The van der Waals surface area contributed by atoms with Gasteiger partial charge in [0.1, 0.15) is 12.6 Å². The molecule has 10 heteroatoms. The summed E-state index contributed by atoms with van der Waals surface area (Å²) in [5.74, 6) is -0.864. The summed E-state index contributed by atoms with van der Waals surface area (Å²) in [5.41, 5.74) is 0.560. The lowest BCUT2D eigenvalue weighted by molar-refractivity contribution is -0.140.